The van der Waals surface area contributed by atoms with Crippen molar-refractivity contribution >= 4 is 11.6 Å². The molecule has 0 saturated heterocycles. The Morgan fingerprint density at radius 2 is 1.90 bits per heavy atom. The summed E-state index contributed by atoms with van der Waals surface area (Å²) in [6.45, 7) is 1.77. The van der Waals surface area contributed by atoms with Gasteiger partial charge in [-0.15, -0.1) is 0 Å². The van der Waals surface area contributed by atoms with Gasteiger partial charge in [0.25, 0.3) is 0 Å². The minimum absolute atomic E-state index is 0.0766. The van der Waals surface area contributed by atoms with Gasteiger partial charge in [0, 0.05) is 0 Å². The average Bonchev–Trinajstić information content (AvgIpc) is 2.45. The van der Waals surface area contributed by atoms with E-state index in [9.17, 15) is 9.90 Å². The second kappa shape index (κ2) is 6.21. The van der Waals surface area contributed by atoms with E-state index in [0.717, 1.165) is 5.56 Å². The van der Waals surface area contributed by atoms with Crippen LogP contribution in [-0.2, 0) is 11.2 Å². The van der Waals surface area contributed by atoms with Gasteiger partial charge in [0.2, 0.25) is 5.91 Å². The lowest BCUT2D eigenvalue weighted by atomic mass is 10.1. The number of phenols is 1. The van der Waals surface area contributed by atoms with Crippen LogP contribution >= 0.6 is 0 Å². The van der Waals surface area contributed by atoms with Crippen molar-refractivity contribution in [2.45, 2.75) is 19.4 Å². The third kappa shape index (κ3) is 3.36. The van der Waals surface area contributed by atoms with Crippen molar-refractivity contribution in [3.05, 3.63) is 59.7 Å². The van der Waals surface area contributed by atoms with E-state index in [0.29, 0.717) is 17.7 Å². The number of hydrogen-bond acceptors (Lipinski definition) is 3. The minimum atomic E-state index is -0.655. The molecule has 2 aromatic carbocycles. The molecule has 0 aliphatic carbocycles. The van der Waals surface area contributed by atoms with Gasteiger partial charge in [-0.3, -0.25) is 4.79 Å². The van der Waals surface area contributed by atoms with Crippen molar-refractivity contribution < 1.29 is 9.90 Å². The fraction of sp³-hybridized carbons (Fsp3) is 0.188. The van der Waals surface area contributed by atoms with Crippen LogP contribution in [0.5, 0.6) is 5.75 Å². The minimum Gasteiger partial charge on any atom is -0.505 e. The number of amides is 1. The first-order valence-corrected chi connectivity index (χ1v) is 6.47. The van der Waals surface area contributed by atoms with E-state index in [-0.39, 0.29) is 11.7 Å². The van der Waals surface area contributed by atoms with Crippen molar-refractivity contribution in [3.8, 4) is 5.75 Å². The highest BCUT2D eigenvalue weighted by Gasteiger charge is 2.16. The molecule has 0 saturated carbocycles. The first kappa shape index (κ1) is 14.1. The monoisotopic (exact) mass is 270 g/mol. The van der Waals surface area contributed by atoms with Crippen LogP contribution in [0.4, 0.5) is 5.69 Å². The lowest BCUT2D eigenvalue weighted by Gasteiger charge is -2.14. The molecule has 20 heavy (non-hydrogen) atoms. The Hall–Kier alpha value is -2.33. The average molecular weight is 270 g/mol. The normalized spacial score (nSPS) is 11.9. The van der Waals surface area contributed by atoms with Crippen molar-refractivity contribution in [1.29, 1.82) is 0 Å². The van der Waals surface area contributed by atoms with Gasteiger partial charge < -0.3 is 16.2 Å². The van der Waals surface area contributed by atoms with E-state index in [1.54, 1.807) is 25.1 Å². The van der Waals surface area contributed by atoms with Crippen molar-refractivity contribution in [1.82, 2.24) is 0 Å². The third-order valence-electron chi connectivity index (χ3n) is 3.13. The number of benzene rings is 2. The molecule has 0 fully saturated rings. The van der Waals surface area contributed by atoms with E-state index in [4.69, 9.17) is 5.73 Å². The SMILES string of the molecule is Cc1cccc(NC(=O)[C@@H](N)Cc2ccccc2)c1O. The predicted octanol–water partition coefficient (Wildman–Crippen LogP) is 2.21. The quantitative estimate of drug-likeness (QED) is 0.746. The number of carbonyl (C=O) groups excluding carboxylic acids is 1. The number of rotatable bonds is 4. The number of phenolic OH excluding ortho intramolecular Hbond substituents is 1. The fourth-order valence-corrected chi connectivity index (χ4v) is 1.95. The summed E-state index contributed by atoms with van der Waals surface area (Å²) in [5, 5.41) is 12.5. The molecule has 0 aromatic heterocycles. The molecule has 4 nitrogen and oxygen atoms in total. The maximum Gasteiger partial charge on any atom is 0.241 e. The Kier molecular flexibility index (Phi) is 4.38. The zero-order valence-electron chi connectivity index (χ0n) is 11.3. The Labute approximate surface area is 118 Å². The standard InChI is InChI=1S/C16H18N2O2/c1-11-6-5-9-14(15(11)19)18-16(20)13(17)10-12-7-3-2-4-8-12/h2-9,13,19H,10,17H2,1H3,(H,18,20)/t13-/m0/s1. The van der Waals surface area contributed by atoms with Gasteiger partial charge in [-0.25, -0.2) is 0 Å². The lowest BCUT2D eigenvalue weighted by molar-refractivity contribution is -0.117. The molecule has 2 aromatic rings. The molecule has 1 atom stereocenters. The van der Waals surface area contributed by atoms with Crippen molar-refractivity contribution in [3.63, 3.8) is 0 Å². The molecule has 2 rings (SSSR count). The first-order chi connectivity index (χ1) is 9.58. The number of aromatic hydroxyl groups is 1. The molecule has 0 spiro atoms. The van der Waals surface area contributed by atoms with Crippen LogP contribution in [0.15, 0.2) is 48.5 Å². The molecule has 0 unspecified atom stereocenters. The summed E-state index contributed by atoms with van der Waals surface area (Å²) in [6.07, 6.45) is 0.458. The van der Waals surface area contributed by atoms with Crippen molar-refractivity contribution in [2.75, 3.05) is 5.32 Å². The summed E-state index contributed by atoms with van der Waals surface area (Å²) >= 11 is 0. The lowest BCUT2D eigenvalue weighted by Crippen LogP contribution is -2.37. The van der Waals surface area contributed by atoms with E-state index < -0.39 is 6.04 Å². The van der Waals surface area contributed by atoms with Crippen LogP contribution < -0.4 is 11.1 Å². The molecule has 0 bridgehead atoms. The number of aryl methyl sites for hydroxylation is 1. The number of carbonyl (C=O) groups is 1. The third-order valence-corrected chi connectivity index (χ3v) is 3.13. The van der Waals surface area contributed by atoms with Crippen LogP contribution in [0.3, 0.4) is 0 Å². The molecular weight excluding hydrogens is 252 g/mol. The summed E-state index contributed by atoms with van der Waals surface area (Å²) in [7, 11) is 0. The van der Waals surface area contributed by atoms with Crippen LogP contribution in [0, 0.1) is 6.92 Å². The maximum absolute atomic E-state index is 12.0. The van der Waals surface area contributed by atoms with Gasteiger partial charge in [0.1, 0.15) is 5.75 Å². The summed E-state index contributed by atoms with van der Waals surface area (Å²) in [6, 6.07) is 14.1. The zero-order chi connectivity index (χ0) is 14.5. The van der Waals surface area contributed by atoms with Crippen LogP contribution in [0.1, 0.15) is 11.1 Å². The topological polar surface area (TPSA) is 75.4 Å². The smallest absolute Gasteiger partial charge is 0.241 e. The number of anilines is 1. The van der Waals surface area contributed by atoms with Gasteiger partial charge in [0.15, 0.2) is 0 Å². The van der Waals surface area contributed by atoms with E-state index >= 15 is 0 Å². The van der Waals surface area contributed by atoms with Gasteiger partial charge in [0.05, 0.1) is 11.7 Å². The first-order valence-electron chi connectivity index (χ1n) is 6.47. The fourth-order valence-electron chi connectivity index (χ4n) is 1.95. The van der Waals surface area contributed by atoms with E-state index in [2.05, 4.69) is 5.32 Å². The highest BCUT2D eigenvalue weighted by atomic mass is 16.3. The van der Waals surface area contributed by atoms with Gasteiger partial charge in [-0.1, -0.05) is 42.5 Å². The molecule has 4 heteroatoms. The Balaban J connectivity index is 2.03. The zero-order valence-corrected chi connectivity index (χ0v) is 11.3. The molecule has 1 amide bonds. The van der Waals surface area contributed by atoms with Crippen LogP contribution in [0.25, 0.3) is 0 Å². The Morgan fingerprint density at radius 1 is 1.20 bits per heavy atom. The largest absolute Gasteiger partial charge is 0.505 e. The van der Waals surface area contributed by atoms with Crippen LogP contribution in [-0.4, -0.2) is 17.1 Å². The second-order valence-electron chi connectivity index (χ2n) is 4.76. The highest BCUT2D eigenvalue weighted by molar-refractivity contribution is 5.96. The second-order valence-corrected chi connectivity index (χ2v) is 4.76. The molecule has 0 radical (unpaired) electrons. The number of hydrogen-bond donors (Lipinski definition) is 3. The summed E-state index contributed by atoms with van der Waals surface area (Å²) in [4.78, 5) is 12.0. The Bertz CT molecular complexity index is 597. The van der Waals surface area contributed by atoms with Gasteiger partial charge in [-0.2, -0.15) is 0 Å². The van der Waals surface area contributed by atoms with Crippen molar-refractivity contribution in [2.24, 2.45) is 5.73 Å². The molecule has 0 aliphatic rings. The maximum atomic E-state index is 12.0. The van der Waals surface area contributed by atoms with E-state index in [1.807, 2.05) is 30.3 Å². The van der Waals surface area contributed by atoms with Gasteiger partial charge in [-0.05, 0) is 30.5 Å². The summed E-state index contributed by atoms with van der Waals surface area (Å²) < 4.78 is 0. The van der Waals surface area contributed by atoms with Crippen LogP contribution in [0.2, 0.25) is 0 Å². The summed E-state index contributed by atoms with van der Waals surface area (Å²) in [5.74, 6) is -0.234. The molecule has 4 N–H and O–H groups in total. The molecular formula is C16H18N2O2. The summed E-state index contributed by atoms with van der Waals surface area (Å²) in [5.41, 5.74) is 7.99. The molecule has 104 valence electrons. The van der Waals surface area contributed by atoms with E-state index in [1.165, 1.54) is 0 Å². The number of nitrogens with two attached hydrogens (primary N) is 1. The molecule has 0 heterocycles. The Morgan fingerprint density at radius 3 is 2.60 bits per heavy atom. The van der Waals surface area contributed by atoms with Gasteiger partial charge >= 0.3 is 0 Å². The predicted molar refractivity (Wildman–Crippen MR) is 79.6 cm³/mol. The highest BCUT2D eigenvalue weighted by Crippen LogP contribution is 2.26. The number of para-hydroxylation sites is 1. The molecule has 0 aliphatic heterocycles. The number of nitrogens with one attached hydrogen (secondary N) is 1.